The number of rotatable bonds is 5. The van der Waals surface area contributed by atoms with Crippen LogP contribution in [0.3, 0.4) is 0 Å². The maximum atomic E-state index is 11.7. The van der Waals surface area contributed by atoms with Crippen LogP contribution in [0.2, 0.25) is 5.02 Å². The van der Waals surface area contributed by atoms with Crippen molar-refractivity contribution < 1.29 is 14.7 Å². The van der Waals surface area contributed by atoms with Gasteiger partial charge in [0, 0.05) is 29.2 Å². The molecule has 6 nitrogen and oxygen atoms in total. The Kier molecular flexibility index (Phi) is 4.70. The number of hydrogen-bond acceptors (Lipinski definition) is 3. The summed E-state index contributed by atoms with van der Waals surface area (Å²) in [6.07, 6.45) is 3.59. The van der Waals surface area contributed by atoms with Gasteiger partial charge in [0.1, 0.15) is 5.82 Å². The van der Waals surface area contributed by atoms with E-state index in [4.69, 9.17) is 16.7 Å². The summed E-state index contributed by atoms with van der Waals surface area (Å²) in [7, 11) is 1.82. The molecule has 0 unspecified atom stereocenters. The standard InChI is InChI=1S/C19H18ClN3O3/c1-4-12(10-16(24)19(25)26)17-11(2)21-22(3)18(17)23-8-7-13-9-14(20)5-6-15(13)23/h5-10H,4H2,1-3H3,(H,25,26)/b12-10+. The Labute approximate surface area is 155 Å². The normalized spacial score (nSPS) is 11.9. The van der Waals surface area contributed by atoms with Crippen LogP contribution in [0.25, 0.3) is 22.3 Å². The first-order chi connectivity index (χ1) is 12.3. The Morgan fingerprint density at radius 3 is 2.69 bits per heavy atom. The molecular formula is C19H18ClN3O3. The fraction of sp³-hybridized carbons (Fsp3) is 0.211. The Morgan fingerprint density at radius 2 is 2.04 bits per heavy atom. The predicted octanol–water partition coefficient (Wildman–Crippen LogP) is 3.77. The quantitative estimate of drug-likeness (QED) is 0.547. The summed E-state index contributed by atoms with van der Waals surface area (Å²) in [4.78, 5) is 22.7. The van der Waals surface area contributed by atoms with Crippen LogP contribution in [0.5, 0.6) is 0 Å². The van der Waals surface area contributed by atoms with Crippen molar-refractivity contribution in [2.24, 2.45) is 7.05 Å². The van der Waals surface area contributed by atoms with Crippen LogP contribution in [0, 0.1) is 6.92 Å². The molecule has 0 aliphatic carbocycles. The summed E-state index contributed by atoms with van der Waals surface area (Å²) >= 11 is 6.07. The first-order valence-electron chi connectivity index (χ1n) is 8.12. The molecule has 1 aromatic carbocycles. The highest BCUT2D eigenvalue weighted by Gasteiger charge is 2.21. The van der Waals surface area contributed by atoms with Crippen molar-refractivity contribution in [1.29, 1.82) is 0 Å². The average Bonchev–Trinajstić information content (AvgIpc) is 3.11. The molecule has 2 heterocycles. The number of aliphatic carboxylic acids is 1. The minimum atomic E-state index is -1.47. The maximum Gasteiger partial charge on any atom is 0.376 e. The van der Waals surface area contributed by atoms with Crippen LogP contribution >= 0.6 is 11.6 Å². The number of aromatic nitrogens is 3. The minimum absolute atomic E-state index is 0.504. The third-order valence-electron chi connectivity index (χ3n) is 4.29. The third-order valence-corrected chi connectivity index (χ3v) is 4.53. The second kappa shape index (κ2) is 6.80. The number of hydrogen-bond donors (Lipinski definition) is 1. The number of carbonyl (C=O) groups excluding carboxylic acids is 1. The highest BCUT2D eigenvalue weighted by atomic mass is 35.5. The third kappa shape index (κ3) is 3.04. The fourth-order valence-electron chi connectivity index (χ4n) is 3.17. The first-order valence-corrected chi connectivity index (χ1v) is 8.50. The van der Waals surface area contributed by atoms with E-state index < -0.39 is 11.8 Å². The second-order valence-corrected chi connectivity index (χ2v) is 6.43. The molecule has 0 saturated carbocycles. The van der Waals surface area contributed by atoms with E-state index in [2.05, 4.69) is 5.10 Å². The Morgan fingerprint density at radius 1 is 1.31 bits per heavy atom. The van der Waals surface area contributed by atoms with Crippen LogP contribution in [-0.4, -0.2) is 31.2 Å². The second-order valence-electron chi connectivity index (χ2n) is 5.99. The van der Waals surface area contributed by atoms with Gasteiger partial charge in [0.2, 0.25) is 0 Å². The number of ketones is 1. The summed E-state index contributed by atoms with van der Waals surface area (Å²) < 4.78 is 3.70. The van der Waals surface area contributed by atoms with E-state index in [1.807, 2.05) is 55.9 Å². The average molecular weight is 372 g/mol. The molecular weight excluding hydrogens is 354 g/mol. The van der Waals surface area contributed by atoms with E-state index in [9.17, 15) is 9.59 Å². The van der Waals surface area contributed by atoms with Crippen molar-refractivity contribution in [2.45, 2.75) is 20.3 Å². The largest absolute Gasteiger partial charge is 0.475 e. The molecule has 26 heavy (non-hydrogen) atoms. The number of nitrogens with zero attached hydrogens (tertiary/aromatic N) is 3. The number of benzene rings is 1. The van der Waals surface area contributed by atoms with Crippen LogP contribution in [0.15, 0.2) is 36.5 Å². The van der Waals surface area contributed by atoms with E-state index >= 15 is 0 Å². The Hall–Kier alpha value is -2.86. The van der Waals surface area contributed by atoms with Crippen LogP contribution in [-0.2, 0) is 16.6 Å². The first kappa shape index (κ1) is 17.9. The van der Waals surface area contributed by atoms with Crippen molar-refractivity contribution in [2.75, 3.05) is 0 Å². The van der Waals surface area contributed by atoms with E-state index in [0.29, 0.717) is 17.0 Å². The topological polar surface area (TPSA) is 77.1 Å². The summed E-state index contributed by atoms with van der Waals surface area (Å²) in [5, 5.41) is 15.0. The van der Waals surface area contributed by atoms with E-state index in [1.165, 1.54) is 6.08 Å². The van der Waals surface area contributed by atoms with Gasteiger partial charge in [0.05, 0.1) is 11.2 Å². The van der Waals surface area contributed by atoms with Gasteiger partial charge in [-0.3, -0.25) is 9.48 Å². The van der Waals surface area contributed by atoms with Gasteiger partial charge in [-0.15, -0.1) is 0 Å². The van der Waals surface area contributed by atoms with E-state index in [-0.39, 0.29) is 0 Å². The molecule has 0 saturated heterocycles. The lowest BCUT2D eigenvalue weighted by Gasteiger charge is -2.11. The highest BCUT2D eigenvalue weighted by molar-refractivity contribution is 6.38. The lowest BCUT2D eigenvalue weighted by atomic mass is 10.0. The molecule has 7 heteroatoms. The van der Waals surface area contributed by atoms with Crippen molar-refractivity contribution in [3.63, 3.8) is 0 Å². The number of allylic oxidation sites excluding steroid dienone is 1. The van der Waals surface area contributed by atoms with Gasteiger partial charge in [-0.05, 0) is 49.3 Å². The van der Waals surface area contributed by atoms with Crippen molar-refractivity contribution >= 4 is 39.8 Å². The maximum absolute atomic E-state index is 11.7. The fourth-order valence-corrected chi connectivity index (χ4v) is 3.35. The number of halogens is 1. The van der Waals surface area contributed by atoms with Crippen LogP contribution in [0.4, 0.5) is 0 Å². The number of aryl methyl sites for hydroxylation is 2. The van der Waals surface area contributed by atoms with Gasteiger partial charge in [-0.2, -0.15) is 5.10 Å². The van der Waals surface area contributed by atoms with E-state index in [0.717, 1.165) is 28.0 Å². The summed E-state index contributed by atoms with van der Waals surface area (Å²) in [6.45, 7) is 3.72. The van der Waals surface area contributed by atoms with Crippen molar-refractivity contribution in [1.82, 2.24) is 14.3 Å². The predicted molar refractivity (Wildman–Crippen MR) is 101 cm³/mol. The minimum Gasteiger partial charge on any atom is -0.475 e. The number of fused-ring (bicyclic) bond motifs is 1. The van der Waals surface area contributed by atoms with Gasteiger partial charge in [0.15, 0.2) is 0 Å². The monoisotopic (exact) mass is 371 g/mol. The highest BCUT2D eigenvalue weighted by Crippen LogP contribution is 2.31. The molecule has 0 spiro atoms. The van der Waals surface area contributed by atoms with Crippen molar-refractivity contribution in [3.8, 4) is 5.82 Å². The molecule has 0 amide bonds. The molecule has 0 radical (unpaired) electrons. The van der Waals surface area contributed by atoms with Crippen molar-refractivity contribution in [3.05, 3.63) is 52.8 Å². The zero-order chi connectivity index (χ0) is 19.0. The Balaban J connectivity index is 2.26. The molecule has 0 atom stereocenters. The van der Waals surface area contributed by atoms with Gasteiger partial charge in [-0.1, -0.05) is 18.5 Å². The summed E-state index contributed by atoms with van der Waals surface area (Å²) in [5.41, 5.74) is 3.06. The molecule has 0 bridgehead atoms. The lowest BCUT2D eigenvalue weighted by Crippen LogP contribution is -2.10. The summed E-state index contributed by atoms with van der Waals surface area (Å²) in [5.74, 6) is -1.65. The van der Waals surface area contributed by atoms with Gasteiger partial charge in [-0.25, -0.2) is 4.79 Å². The zero-order valence-corrected chi connectivity index (χ0v) is 15.4. The number of carbonyl (C=O) groups is 2. The van der Waals surface area contributed by atoms with E-state index in [1.54, 1.807) is 4.68 Å². The number of carboxylic acids is 1. The zero-order valence-electron chi connectivity index (χ0n) is 14.7. The molecule has 134 valence electrons. The van der Waals surface area contributed by atoms with Crippen LogP contribution in [0.1, 0.15) is 24.6 Å². The molecule has 3 rings (SSSR count). The molecule has 0 fully saturated rings. The van der Waals surface area contributed by atoms with Gasteiger partial charge >= 0.3 is 5.97 Å². The smallest absolute Gasteiger partial charge is 0.376 e. The molecule has 3 aromatic rings. The molecule has 2 aromatic heterocycles. The van der Waals surface area contributed by atoms with Gasteiger partial charge < -0.3 is 9.67 Å². The lowest BCUT2D eigenvalue weighted by molar-refractivity contribution is -0.146. The molecule has 0 aliphatic heterocycles. The Bertz CT molecular complexity index is 1060. The number of carboxylic acid groups (broad SMARTS) is 1. The summed E-state index contributed by atoms with van der Waals surface area (Å²) in [6, 6.07) is 7.56. The molecule has 0 aliphatic rings. The SMILES string of the molecule is CC/C(=C\C(=O)C(=O)O)c1c(C)nn(C)c1-n1ccc2cc(Cl)ccc21. The van der Waals surface area contributed by atoms with Crippen LogP contribution < -0.4 is 0 Å². The van der Waals surface area contributed by atoms with Gasteiger partial charge in [0.25, 0.3) is 5.78 Å². The molecule has 1 N–H and O–H groups in total.